The van der Waals surface area contributed by atoms with Crippen LogP contribution >= 0.6 is 0 Å². The number of aryl methyl sites for hydroxylation is 1. The first kappa shape index (κ1) is 13.5. The van der Waals surface area contributed by atoms with E-state index in [2.05, 4.69) is 17.6 Å². The summed E-state index contributed by atoms with van der Waals surface area (Å²) in [6.07, 6.45) is 9.07. The molecule has 1 heterocycles. The van der Waals surface area contributed by atoms with Crippen molar-refractivity contribution in [1.29, 1.82) is 0 Å². The van der Waals surface area contributed by atoms with E-state index >= 15 is 0 Å². The molecule has 20 heavy (non-hydrogen) atoms. The molecule has 1 aromatic carbocycles. The van der Waals surface area contributed by atoms with Gasteiger partial charge < -0.3 is 10.3 Å². The monoisotopic (exact) mass is 271 g/mol. The van der Waals surface area contributed by atoms with Gasteiger partial charge >= 0.3 is 0 Å². The lowest BCUT2D eigenvalue weighted by Gasteiger charge is -2.22. The molecule has 1 saturated carbocycles. The number of nitrogens with zero attached hydrogens (tertiary/aromatic N) is 2. The van der Waals surface area contributed by atoms with Crippen LogP contribution in [0.25, 0.3) is 11.0 Å². The number of anilines is 1. The average Bonchev–Trinajstić information content (AvgIpc) is 2.86. The van der Waals surface area contributed by atoms with E-state index in [-0.39, 0.29) is 0 Å². The zero-order chi connectivity index (χ0) is 13.9. The second kappa shape index (κ2) is 5.86. The highest BCUT2D eigenvalue weighted by Crippen LogP contribution is 2.35. The van der Waals surface area contributed by atoms with E-state index in [0.717, 1.165) is 17.7 Å². The van der Waals surface area contributed by atoms with Crippen LogP contribution in [-0.2, 0) is 6.54 Å². The highest BCUT2D eigenvalue weighted by atomic mass is 15.1. The lowest BCUT2D eigenvalue weighted by molar-refractivity contribution is 0.415. The molecule has 0 amide bonds. The Morgan fingerprint density at radius 3 is 2.80 bits per heavy atom. The molecule has 1 aromatic heterocycles. The standard InChI is InChI=1S/C17H25N3/c1-2-3-12-20-15-11-7-10-14(18)16(15)19-17(20)13-8-5-4-6-9-13/h7,10-11,13H,2-6,8-9,12,18H2,1H3. The van der Waals surface area contributed by atoms with E-state index in [1.807, 2.05) is 12.1 Å². The van der Waals surface area contributed by atoms with Gasteiger partial charge in [-0.3, -0.25) is 0 Å². The number of nitrogen functional groups attached to an aromatic ring is 1. The van der Waals surface area contributed by atoms with Crippen LogP contribution in [0.3, 0.4) is 0 Å². The summed E-state index contributed by atoms with van der Waals surface area (Å²) in [5.74, 6) is 1.92. The van der Waals surface area contributed by atoms with Crippen molar-refractivity contribution in [3.05, 3.63) is 24.0 Å². The first-order valence-electron chi connectivity index (χ1n) is 8.06. The van der Waals surface area contributed by atoms with Crippen molar-refractivity contribution in [1.82, 2.24) is 9.55 Å². The topological polar surface area (TPSA) is 43.8 Å². The van der Waals surface area contributed by atoms with Gasteiger partial charge in [0.2, 0.25) is 0 Å². The number of rotatable bonds is 4. The Balaban J connectivity index is 2.06. The molecule has 3 heteroatoms. The molecule has 0 bridgehead atoms. The van der Waals surface area contributed by atoms with E-state index in [1.54, 1.807) is 0 Å². The fraction of sp³-hybridized carbons (Fsp3) is 0.588. The lowest BCUT2D eigenvalue weighted by Crippen LogP contribution is -2.12. The number of nitrogens with two attached hydrogens (primary N) is 1. The molecule has 1 aliphatic carbocycles. The molecule has 3 nitrogen and oxygen atoms in total. The third-order valence-corrected chi connectivity index (χ3v) is 4.55. The Bertz CT molecular complexity index is 579. The van der Waals surface area contributed by atoms with Crippen LogP contribution in [0.2, 0.25) is 0 Å². The zero-order valence-electron chi connectivity index (χ0n) is 12.4. The summed E-state index contributed by atoms with van der Waals surface area (Å²) in [5.41, 5.74) is 9.16. The van der Waals surface area contributed by atoms with Crippen LogP contribution in [0.5, 0.6) is 0 Å². The normalized spacial score (nSPS) is 16.9. The molecule has 0 radical (unpaired) electrons. The van der Waals surface area contributed by atoms with E-state index in [1.165, 1.54) is 56.3 Å². The van der Waals surface area contributed by atoms with Crippen molar-refractivity contribution in [2.75, 3.05) is 5.73 Å². The third kappa shape index (κ3) is 2.41. The number of para-hydroxylation sites is 1. The second-order valence-electron chi connectivity index (χ2n) is 6.03. The number of unbranched alkanes of at least 4 members (excludes halogenated alkanes) is 1. The molecule has 0 unspecified atom stereocenters. The SMILES string of the molecule is CCCCn1c(C2CCCCC2)nc2c(N)cccc21. The molecule has 108 valence electrons. The van der Waals surface area contributed by atoms with Gasteiger partial charge in [0.05, 0.1) is 11.2 Å². The molecular formula is C17H25N3. The number of benzene rings is 1. The van der Waals surface area contributed by atoms with Gasteiger partial charge in [0, 0.05) is 12.5 Å². The summed E-state index contributed by atoms with van der Waals surface area (Å²) >= 11 is 0. The highest BCUT2D eigenvalue weighted by molar-refractivity contribution is 5.87. The van der Waals surface area contributed by atoms with Gasteiger partial charge in [-0.15, -0.1) is 0 Å². The van der Waals surface area contributed by atoms with Crippen LogP contribution in [0.15, 0.2) is 18.2 Å². The lowest BCUT2D eigenvalue weighted by atomic mass is 9.88. The Labute approximate surface area is 121 Å². The predicted molar refractivity (Wildman–Crippen MR) is 84.9 cm³/mol. The number of fused-ring (bicyclic) bond motifs is 1. The molecule has 3 rings (SSSR count). The Kier molecular flexibility index (Phi) is 3.95. The summed E-state index contributed by atoms with van der Waals surface area (Å²) in [6.45, 7) is 3.32. The fourth-order valence-electron chi connectivity index (χ4n) is 3.41. The van der Waals surface area contributed by atoms with E-state index < -0.39 is 0 Å². The molecule has 0 aliphatic heterocycles. The molecule has 0 spiro atoms. The Hall–Kier alpha value is -1.51. The fourth-order valence-corrected chi connectivity index (χ4v) is 3.41. The summed E-state index contributed by atoms with van der Waals surface area (Å²) in [7, 11) is 0. The highest BCUT2D eigenvalue weighted by Gasteiger charge is 2.22. The first-order chi connectivity index (χ1) is 9.81. The van der Waals surface area contributed by atoms with Gasteiger partial charge in [0.1, 0.15) is 11.3 Å². The van der Waals surface area contributed by atoms with E-state index in [4.69, 9.17) is 10.7 Å². The molecular weight excluding hydrogens is 246 g/mol. The van der Waals surface area contributed by atoms with Crippen LogP contribution in [0.1, 0.15) is 63.6 Å². The third-order valence-electron chi connectivity index (χ3n) is 4.55. The Morgan fingerprint density at radius 2 is 2.05 bits per heavy atom. The van der Waals surface area contributed by atoms with Gasteiger partial charge in [-0.1, -0.05) is 38.7 Å². The summed E-state index contributed by atoms with van der Waals surface area (Å²) in [4.78, 5) is 4.93. The summed E-state index contributed by atoms with van der Waals surface area (Å²) < 4.78 is 2.44. The van der Waals surface area contributed by atoms with Crippen molar-refractivity contribution in [2.24, 2.45) is 0 Å². The van der Waals surface area contributed by atoms with E-state index in [9.17, 15) is 0 Å². The molecule has 0 saturated heterocycles. The maximum absolute atomic E-state index is 6.12. The number of aromatic nitrogens is 2. The second-order valence-corrected chi connectivity index (χ2v) is 6.03. The first-order valence-corrected chi connectivity index (χ1v) is 8.06. The van der Waals surface area contributed by atoms with Crippen LogP contribution in [0, 0.1) is 0 Å². The zero-order valence-corrected chi connectivity index (χ0v) is 12.4. The summed E-state index contributed by atoms with van der Waals surface area (Å²) in [5, 5.41) is 0. The molecule has 2 N–H and O–H groups in total. The quantitative estimate of drug-likeness (QED) is 0.834. The van der Waals surface area contributed by atoms with Gasteiger partial charge in [-0.2, -0.15) is 0 Å². The number of hydrogen-bond donors (Lipinski definition) is 1. The van der Waals surface area contributed by atoms with Gasteiger partial charge in [0.15, 0.2) is 0 Å². The summed E-state index contributed by atoms with van der Waals surface area (Å²) in [6, 6.07) is 6.18. The van der Waals surface area contributed by atoms with Crippen LogP contribution in [0.4, 0.5) is 5.69 Å². The van der Waals surface area contributed by atoms with Gasteiger partial charge in [0.25, 0.3) is 0 Å². The number of imidazole rings is 1. The van der Waals surface area contributed by atoms with E-state index in [0.29, 0.717) is 5.92 Å². The molecule has 1 fully saturated rings. The molecule has 2 aromatic rings. The molecule has 1 aliphatic rings. The van der Waals surface area contributed by atoms with Crippen molar-refractivity contribution in [3.8, 4) is 0 Å². The largest absolute Gasteiger partial charge is 0.397 e. The maximum atomic E-state index is 6.12. The Morgan fingerprint density at radius 1 is 1.25 bits per heavy atom. The van der Waals surface area contributed by atoms with Gasteiger partial charge in [-0.25, -0.2) is 4.98 Å². The maximum Gasteiger partial charge on any atom is 0.113 e. The van der Waals surface area contributed by atoms with Crippen molar-refractivity contribution in [2.45, 2.75) is 64.3 Å². The minimum absolute atomic E-state index is 0.632. The van der Waals surface area contributed by atoms with Crippen molar-refractivity contribution >= 4 is 16.7 Å². The minimum Gasteiger partial charge on any atom is -0.397 e. The van der Waals surface area contributed by atoms with Crippen LogP contribution in [-0.4, -0.2) is 9.55 Å². The number of hydrogen-bond acceptors (Lipinski definition) is 2. The predicted octanol–water partition coefficient (Wildman–Crippen LogP) is 4.47. The van der Waals surface area contributed by atoms with Crippen LogP contribution < -0.4 is 5.73 Å². The molecule has 0 atom stereocenters. The van der Waals surface area contributed by atoms with Crippen molar-refractivity contribution in [3.63, 3.8) is 0 Å². The van der Waals surface area contributed by atoms with Crippen molar-refractivity contribution < 1.29 is 0 Å². The average molecular weight is 271 g/mol. The van der Waals surface area contributed by atoms with Gasteiger partial charge in [-0.05, 0) is 31.4 Å². The minimum atomic E-state index is 0.632. The smallest absolute Gasteiger partial charge is 0.113 e.